The normalized spacial score (nSPS) is 10.3. The highest BCUT2D eigenvalue weighted by atomic mass is 79.9. The molecule has 0 aliphatic heterocycles. The first-order chi connectivity index (χ1) is 8.09. The van der Waals surface area contributed by atoms with Crippen molar-refractivity contribution in [3.05, 3.63) is 52.4 Å². The quantitative estimate of drug-likeness (QED) is 0.847. The Morgan fingerprint density at radius 3 is 2.53 bits per heavy atom. The fourth-order valence-electron chi connectivity index (χ4n) is 1.64. The first kappa shape index (κ1) is 11.9. The number of amides is 1. The number of furan rings is 1. The molecule has 4 heteroatoms. The molecular formula is C13H12BrNO2. The molecule has 3 nitrogen and oxygen atoms in total. The van der Waals surface area contributed by atoms with Gasteiger partial charge in [-0.15, -0.1) is 0 Å². The van der Waals surface area contributed by atoms with Gasteiger partial charge in [-0.1, -0.05) is 18.2 Å². The van der Waals surface area contributed by atoms with Gasteiger partial charge in [-0.25, -0.2) is 0 Å². The van der Waals surface area contributed by atoms with E-state index < -0.39 is 0 Å². The Labute approximate surface area is 108 Å². The summed E-state index contributed by atoms with van der Waals surface area (Å²) in [6, 6.07) is 11.1. The van der Waals surface area contributed by atoms with E-state index in [-0.39, 0.29) is 5.91 Å². The van der Waals surface area contributed by atoms with Crippen LogP contribution in [0, 0.1) is 6.92 Å². The van der Waals surface area contributed by atoms with Gasteiger partial charge in [0.1, 0.15) is 0 Å². The number of rotatable bonds is 2. The lowest BCUT2D eigenvalue weighted by Crippen LogP contribution is -2.26. The van der Waals surface area contributed by atoms with Crippen molar-refractivity contribution < 1.29 is 9.21 Å². The van der Waals surface area contributed by atoms with Gasteiger partial charge in [0.15, 0.2) is 10.4 Å². The van der Waals surface area contributed by atoms with E-state index in [1.165, 1.54) is 0 Å². The lowest BCUT2D eigenvalue weighted by molar-refractivity contribution is 0.0965. The molecule has 0 unspecified atom stereocenters. The number of carbonyl (C=O) groups excluding carboxylic acids is 1. The monoisotopic (exact) mass is 293 g/mol. The maximum atomic E-state index is 12.1. The highest BCUT2D eigenvalue weighted by Gasteiger charge is 2.17. The summed E-state index contributed by atoms with van der Waals surface area (Å²) in [5, 5.41) is 0. The average Bonchev–Trinajstić information content (AvgIpc) is 2.75. The standard InChI is InChI=1S/C13H12BrNO2/c1-9-5-3-4-6-10(9)15(2)13(16)11-7-8-12(14)17-11/h3-8H,1-2H3. The van der Waals surface area contributed by atoms with Crippen LogP contribution in [0.15, 0.2) is 45.5 Å². The molecule has 0 saturated heterocycles. The van der Waals surface area contributed by atoms with Gasteiger partial charge in [0, 0.05) is 12.7 Å². The van der Waals surface area contributed by atoms with Crippen molar-refractivity contribution in [2.75, 3.05) is 11.9 Å². The average molecular weight is 294 g/mol. The third-order valence-electron chi connectivity index (χ3n) is 2.57. The molecule has 0 atom stereocenters. The van der Waals surface area contributed by atoms with Gasteiger partial charge in [-0.05, 0) is 46.6 Å². The van der Waals surface area contributed by atoms with Crippen molar-refractivity contribution in [3.63, 3.8) is 0 Å². The molecule has 1 aromatic heterocycles. The molecule has 0 aliphatic rings. The second-order valence-electron chi connectivity index (χ2n) is 3.75. The summed E-state index contributed by atoms with van der Waals surface area (Å²) in [5.74, 6) is 0.160. The highest BCUT2D eigenvalue weighted by molar-refractivity contribution is 9.10. The van der Waals surface area contributed by atoms with Crippen molar-refractivity contribution in [1.82, 2.24) is 0 Å². The predicted octanol–water partition coefficient (Wildman–Crippen LogP) is 3.63. The van der Waals surface area contributed by atoms with Crippen LogP contribution in [-0.2, 0) is 0 Å². The molecule has 0 fully saturated rings. The summed E-state index contributed by atoms with van der Waals surface area (Å²) in [7, 11) is 1.74. The molecule has 0 aliphatic carbocycles. The molecule has 0 N–H and O–H groups in total. The second kappa shape index (κ2) is 4.75. The van der Waals surface area contributed by atoms with Crippen LogP contribution in [0.2, 0.25) is 0 Å². The van der Waals surface area contributed by atoms with Gasteiger partial charge in [-0.3, -0.25) is 4.79 Å². The molecule has 1 aromatic carbocycles. The molecule has 1 heterocycles. The summed E-state index contributed by atoms with van der Waals surface area (Å²) in [4.78, 5) is 13.7. The Hall–Kier alpha value is -1.55. The van der Waals surface area contributed by atoms with Gasteiger partial charge >= 0.3 is 0 Å². The maximum Gasteiger partial charge on any atom is 0.293 e. The fraction of sp³-hybridized carbons (Fsp3) is 0.154. The lowest BCUT2D eigenvalue weighted by Gasteiger charge is -2.18. The Balaban J connectivity index is 2.29. The van der Waals surface area contributed by atoms with Gasteiger partial charge in [0.2, 0.25) is 0 Å². The summed E-state index contributed by atoms with van der Waals surface area (Å²) >= 11 is 3.18. The van der Waals surface area contributed by atoms with Crippen LogP contribution in [0.1, 0.15) is 16.1 Å². The molecule has 2 aromatic rings. The topological polar surface area (TPSA) is 33.5 Å². The summed E-state index contributed by atoms with van der Waals surface area (Å²) in [5.41, 5.74) is 1.93. The van der Waals surface area contributed by atoms with Crippen LogP contribution >= 0.6 is 15.9 Å². The third-order valence-corrected chi connectivity index (χ3v) is 2.99. The zero-order valence-electron chi connectivity index (χ0n) is 9.61. The van der Waals surface area contributed by atoms with Crippen molar-refractivity contribution in [1.29, 1.82) is 0 Å². The Morgan fingerprint density at radius 2 is 1.94 bits per heavy atom. The molecule has 0 spiro atoms. The minimum atomic E-state index is -0.162. The number of aryl methyl sites for hydroxylation is 1. The van der Waals surface area contributed by atoms with Crippen molar-refractivity contribution >= 4 is 27.5 Å². The number of benzene rings is 1. The minimum Gasteiger partial charge on any atom is -0.444 e. The molecule has 0 saturated carbocycles. The molecule has 88 valence electrons. The van der Waals surface area contributed by atoms with E-state index in [0.29, 0.717) is 10.4 Å². The van der Waals surface area contributed by atoms with Crippen LogP contribution < -0.4 is 4.90 Å². The van der Waals surface area contributed by atoms with E-state index in [0.717, 1.165) is 11.3 Å². The van der Waals surface area contributed by atoms with E-state index >= 15 is 0 Å². The number of hydrogen-bond donors (Lipinski definition) is 0. The Morgan fingerprint density at radius 1 is 1.24 bits per heavy atom. The van der Waals surface area contributed by atoms with Gasteiger partial charge in [-0.2, -0.15) is 0 Å². The minimum absolute atomic E-state index is 0.162. The van der Waals surface area contributed by atoms with E-state index in [1.807, 2.05) is 31.2 Å². The number of para-hydroxylation sites is 1. The lowest BCUT2D eigenvalue weighted by atomic mass is 10.2. The summed E-state index contributed by atoms with van der Waals surface area (Å²) < 4.78 is 5.81. The van der Waals surface area contributed by atoms with E-state index in [4.69, 9.17) is 4.42 Å². The number of anilines is 1. The first-order valence-corrected chi connectivity index (χ1v) is 5.98. The first-order valence-electron chi connectivity index (χ1n) is 5.18. The van der Waals surface area contributed by atoms with Gasteiger partial charge in [0.05, 0.1) is 0 Å². The summed E-state index contributed by atoms with van der Waals surface area (Å²) in [6.07, 6.45) is 0. The van der Waals surface area contributed by atoms with E-state index in [9.17, 15) is 4.79 Å². The molecule has 0 bridgehead atoms. The third kappa shape index (κ3) is 2.42. The zero-order chi connectivity index (χ0) is 12.4. The zero-order valence-corrected chi connectivity index (χ0v) is 11.2. The number of hydrogen-bond acceptors (Lipinski definition) is 2. The SMILES string of the molecule is Cc1ccccc1N(C)C(=O)c1ccc(Br)o1. The number of halogens is 1. The second-order valence-corrected chi connectivity index (χ2v) is 4.54. The molecule has 17 heavy (non-hydrogen) atoms. The van der Waals surface area contributed by atoms with E-state index in [2.05, 4.69) is 15.9 Å². The molecule has 1 amide bonds. The van der Waals surface area contributed by atoms with Gasteiger partial charge < -0.3 is 9.32 Å². The Bertz CT molecular complexity index is 548. The summed E-state index contributed by atoms with van der Waals surface area (Å²) in [6.45, 7) is 1.97. The fourth-order valence-corrected chi connectivity index (χ4v) is 1.95. The Kier molecular flexibility index (Phi) is 3.33. The van der Waals surface area contributed by atoms with E-state index in [1.54, 1.807) is 24.1 Å². The predicted molar refractivity (Wildman–Crippen MR) is 70.3 cm³/mol. The largest absolute Gasteiger partial charge is 0.444 e. The van der Waals surface area contributed by atoms with Crippen molar-refractivity contribution in [2.24, 2.45) is 0 Å². The number of carbonyl (C=O) groups is 1. The molecular weight excluding hydrogens is 282 g/mol. The molecule has 2 rings (SSSR count). The van der Waals surface area contributed by atoms with Crippen LogP contribution in [-0.4, -0.2) is 13.0 Å². The van der Waals surface area contributed by atoms with Gasteiger partial charge in [0.25, 0.3) is 5.91 Å². The smallest absolute Gasteiger partial charge is 0.293 e. The van der Waals surface area contributed by atoms with Crippen LogP contribution in [0.25, 0.3) is 0 Å². The molecule has 0 radical (unpaired) electrons. The van der Waals surface area contributed by atoms with Crippen molar-refractivity contribution in [3.8, 4) is 0 Å². The van der Waals surface area contributed by atoms with Crippen LogP contribution in [0.3, 0.4) is 0 Å². The highest BCUT2D eigenvalue weighted by Crippen LogP contribution is 2.21. The maximum absolute atomic E-state index is 12.1. The van der Waals surface area contributed by atoms with Crippen molar-refractivity contribution in [2.45, 2.75) is 6.92 Å². The van der Waals surface area contributed by atoms with Crippen LogP contribution in [0.5, 0.6) is 0 Å². The van der Waals surface area contributed by atoms with Crippen LogP contribution in [0.4, 0.5) is 5.69 Å². The number of nitrogens with zero attached hydrogens (tertiary/aromatic N) is 1.